The van der Waals surface area contributed by atoms with Crippen molar-refractivity contribution in [2.75, 3.05) is 0 Å². The van der Waals surface area contributed by atoms with Crippen molar-refractivity contribution in [1.82, 2.24) is 9.78 Å². The second-order valence-corrected chi connectivity index (χ2v) is 5.58. The number of aryl methyl sites for hydroxylation is 1. The van der Waals surface area contributed by atoms with Gasteiger partial charge in [0, 0.05) is 10.7 Å². The third kappa shape index (κ3) is 2.74. The van der Waals surface area contributed by atoms with Crippen LogP contribution >= 0.6 is 23.2 Å². The van der Waals surface area contributed by atoms with Gasteiger partial charge in [0.25, 0.3) is 5.91 Å². The molecule has 0 bridgehead atoms. The summed E-state index contributed by atoms with van der Waals surface area (Å²) in [6.45, 7) is 5.94. The van der Waals surface area contributed by atoms with Gasteiger partial charge in [0.05, 0.1) is 16.3 Å². The molecule has 0 aliphatic carbocycles. The number of rotatable bonds is 3. The fourth-order valence-corrected chi connectivity index (χ4v) is 2.75. The fourth-order valence-electron chi connectivity index (χ4n) is 2.26. The Balaban J connectivity index is 2.46. The first-order valence-corrected chi connectivity index (χ1v) is 7.26. The first-order chi connectivity index (χ1) is 9.45. The molecule has 0 unspecified atom stereocenters. The summed E-state index contributed by atoms with van der Waals surface area (Å²) in [6.07, 6.45) is 1.93. The van der Waals surface area contributed by atoms with Gasteiger partial charge in [-0.1, -0.05) is 36.5 Å². The van der Waals surface area contributed by atoms with Crippen LogP contribution in [-0.4, -0.2) is 15.7 Å². The summed E-state index contributed by atoms with van der Waals surface area (Å²) in [5.74, 6) is -0.227. The number of halogens is 2. The minimum Gasteiger partial charge on any atom is -0.267 e. The molecule has 106 valence electrons. The molecule has 1 aromatic carbocycles. The van der Waals surface area contributed by atoms with Gasteiger partial charge in [-0.2, -0.15) is 5.10 Å². The molecule has 0 atom stereocenters. The summed E-state index contributed by atoms with van der Waals surface area (Å²) in [7, 11) is 0. The molecule has 0 spiro atoms. The number of nitrogens with zero attached hydrogens (tertiary/aromatic N) is 2. The van der Waals surface area contributed by atoms with Gasteiger partial charge in [0.1, 0.15) is 0 Å². The minimum atomic E-state index is -0.227. The third-order valence-electron chi connectivity index (χ3n) is 3.30. The summed E-state index contributed by atoms with van der Waals surface area (Å²) in [4.78, 5) is 12.5. The molecule has 0 saturated heterocycles. The number of hydrogen-bond acceptors (Lipinski definition) is 2. The highest BCUT2D eigenvalue weighted by atomic mass is 35.5. The van der Waals surface area contributed by atoms with Crippen LogP contribution in [0.2, 0.25) is 10.0 Å². The molecule has 0 radical (unpaired) electrons. The van der Waals surface area contributed by atoms with Crippen molar-refractivity contribution in [3.63, 3.8) is 0 Å². The Hall–Kier alpha value is -1.32. The van der Waals surface area contributed by atoms with Crippen LogP contribution < -0.4 is 0 Å². The predicted octanol–water partition coefficient (Wildman–Crippen LogP) is 4.45. The maximum absolute atomic E-state index is 12.5. The van der Waals surface area contributed by atoms with E-state index in [1.165, 1.54) is 4.68 Å². The molecule has 20 heavy (non-hydrogen) atoms. The zero-order chi connectivity index (χ0) is 14.9. The van der Waals surface area contributed by atoms with Gasteiger partial charge >= 0.3 is 0 Å². The van der Waals surface area contributed by atoms with E-state index < -0.39 is 0 Å². The molecular formula is C15H16Cl2N2O. The average Bonchev–Trinajstić information content (AvgIpc) is 2.66. The summed E-state index contributed by atoms with van der Waals surface area (Å²) < 4.78 is 1.43. The van der Waals surface area contributed by atoms with E-state index in [-0.39, 0.29) is 5.91 Å². The van der Waals surface area contributed by atoms with E-state index in [1.54, 1.807) is 18.2 Å². The second kappa shape index (κ2) is 5.98. The van der Waals surface area contributed by atoms with Crippen LogP contribution in [0.4, 0.5) is 0 Å². The molecule has 0 saturated carbocycles. The van der Waals surface area contributed by atoms with E-state index >= 15 is 0 Å². The van der Waals surface area contributed by atoms with Gasteiger partial charge in [-0.15, -0.1) is 0 Å². The Morgan fingerprint density at radius 3 is 2.60 bits per heavy atom. The molecule has 0 N–H and O–H groups in total. The molecule has 2 rings (SSSR count). The lowest BCUT2D eigenvalue weighted by Gasteiger charge is -2.06. The van der Waals surface area contributed by atoms with Crippen LogP contribution in [0.3, 0.4) is 0 Å². The minimum absolute atomic E-state index is 0.227. The highest BCUT2D eigenvalue weighted by Gasteiger charge is 2.19. The standard InChI is InChI=1S/C15H16Cl2N2O/c1-4-5-12-9(2)18-19(10(12)3)15(20)13-7-6-11(16)8-14(13)17/h6-8H,4-5H2,1-3H3. The largest absolute Gasteiger partial charge is 0.279 e. The number of carbonyl (C=O) groups is 1. The highest BCUT2D eigenvalue weighted by molar-refractivity contribution is 6.36. The van der Waals surface area contributed by atoms with Crippen LogP contribution in [0.5, 0.6) is 0 Å². The zero-order valence-corrected chi connectivity index (χ0v) is 13.2. The lowest BCUT2D eigenvalue weighted by Crippen LogP contribution is -2.16. The van der Waals surface area contributed by atoms with Crippen molar-refractivity contribution < 1.29 is 4.79 Å². The molecular weight excluding hydrogens is 295 g/mol. The zero-order valence-electron chi connectivity index (χ0n) is 11.7. The lowest BCUT2D eigenvalue weighted by atomic mass is 10.1. The number of aromatic nitrogens is 2. The van der Waals surface area contributed by atoms with Gasteiger partial charge in [0.2, 0.25) is 0 Å². The third-order valence-corrected chi connectivity index (χ3v) is 3.84. The molecule has 2 aromatic rings. The maximum atomic E-state index is 12.5. The van der Waals surface area contributed by atoms with E-state index in [1.807, 2.05) is 13.8 Å². The van der Waals surface area contributed by atoms with Crippen molar-refractivity contribution in [2.24, 2.45) is 0 Å². The van der Waals surface area contributed by atoms with Crippen LogP contribution in [0.1, 0.15) is 40.7 Å². The molecule has 0 amide bonds. The molecule has 1 heterocycles. The first-order valence-electron chi connectivity index (χ1n) is 6.50. The number of benzene rings is 1. The van der Waals surface area contributed by atoms with Crippen LogP contribution in [0.25, 0.3) is 0 Å². The molecule has 3 nitrogen and oxygen atoms in total. The predicted molar refractivity (Wildman–Crippen MR) is 81.9 cm³/mol. The fraction of sp³-hybridized carbons (Fsp3) is 0.333. The summed E-state index contributed by atoms with van der Waals surface area (Å²) in [5, 5.41) is 5.19. The normalized spacial score (nSPS) is 10.8. The molecule has 0 fully saturated rings. The SMILES string of the molecule is CCCc1c(C)nn(C(=O)c2ccc(Cl)cc2Cl)c1C. The Labute approximate surface area is 128 Å². The number of hydrogen-bond donors (Lipinski definition) is 0. The topological polar surface area (TPSA) is 34.9 Å². The number of carbonyl (C=O) groups excluding carboxylic acids is 1. The Morgan fingerprint density at radius 2 is 2.00 bits per heavy atom. The summed E-state index contributed by atoms with van der Waals surface area (Å²) in [6, 6.07) is 4.84. The van der Waals surface area contributed by atoms with Crippen molar-refractivity contribution in [3.8, 4) is 0 Å². The van der Waals surface area contributed by atoms with Gasteiger partial charge in [-0.25, -0.2) is 4.68 Å². The van der Waals surface area contributed by atoms with E-state index in [0.29, 0.717) is 15.6 Å². The average molecular weight is 311 g/mol. The molecule has 1 aromatic heterocycles. The first kappa shape index (κ1) is 15.1. The molecule has 0 aliphatic rings. The van der Waals surface area contributed by atoms with Crippen molar-refractivity contribution in [2.45, 2.75) is 33.6 Å². The summed E-state index contributed by atoms with van der Waals surface area (Å²) >= 11 is 11.9. The monoisotopic (exact) mass is 310 g/mol. The smallest absolute Gasteiger partial charge is 0.267 e. The highest BCUT2D eigenvalue weighted by Crippen LogP contribution is 2.23. The summed E-state index contributed by atoms with van der Waals surface area (Å²) in [5.41, 5.74) is 3.30. The van der Waals surface area contributed by atoms with Gasteiger partial charge < -0.3 is 0 Å². The van der Waals surface area contributed by atoms with Crippen LogP contribution in [-0.2, 0) is 6.42 Å². The van der Waals surface area contributed by atoms with Crippen molar-refractivity contribution in [3.05, 3.63) is 50.8 Å². The van der Waals surface area contributed by atoms with Crippen LogP contribution in [0, 0.1) is 13.8 Å². The molecule has 5 heteroatoms. The van der Waals surface area contributed by atoms with Crippen molar-refractivity contribution in [1.29, 1.82) is 0 Å². The Kier molecular flexibility index (Phi) is 4.51. The second-order valence-electron chi connectivity index (χ2n) is 4.74. The quantitative estimate of drug-likeness (QED) is 0.839. The van der Waals surface area contributed by atoms with E-state index in [9.17, 15) is 4.79 Å². The van der Waals surface area contributed by atoms with E-state index in [2.05, 4.69) is 12.0 Å². The Bertz CT molecular complexity index is 662. The van der Waals surface area contributed by atoms with Gasteiger partial charge in [-0.05, 0) is 44.0 Å². The lowest BCUT2D eigenvalue weighted by molar-refractivity contribution is 0.0942. The van der Waals surface area contributed by atoms with Gasteiger partial charge in [0.15, 0.2) is 0 Å². The van der Waals surface area contributed by atoms with Crippen LogP contribution in [0.15, 0.2) is 18.2 Å². The maximum Gasteiger partial charge on any atom is 0.279 e. The molecule has 0 aliphatic heterocycles. The van der Waals surface area contributed by atoms with Crippen molar-refractivity contribution >= 4 is 29.1 Å². The van der Waals surface area contributed by atoms with E-state index in [4.69, 9.17) is 23.2 Å². The van der Waals surface area contributed by atoms with E-state index in [0.717, 1.165) is 29.8 Å². The van der Waals surface area contributed by atoms with Gasteiger partial charge in [-0.3, -0.25) is 4.79 Å². The Morgan fingerprint density at radius 1 is 1.30 bits per heavy atom.